The van der Waals surface area contributed by atoms with Crippen molar-refractivity contribution < 1.29 is 0 Å². The Hall–Kier alpha value is -2.65. The molecule has 2 fully saturated rings. The lowest BCUT2D eigenvalue weighted by Crippen LogP contribution is -2.50. The molecule has 126 valence electrons. The number of hydrogen-bond acceptors (Lipinski definition) is 5. The average molecular weight is 332 g/mol. The summed E-state index contributed by atoms with van der Waals surface area (Å²) in [5, 5.41) is 16.0. The van der Waals surface area contributed by atoms with Crippen LogP contribution in [0.3, 0.4) is 0 Å². The van der Waals surface area contributed by atoms with Crippen LogP contribution >= 0.6 is 0 Å². The molecular weight excluding hydrogens is 312 g/mol. The number of anilines is 1. The van der Waals surface area contributed by atoms with Crippen molar-refractivity contribution >= 4 is 27.6 Å². The van der Waals surface area contributed by atoms with E-state index in [9.17, 15) is 5.26 Å². The van der Waals surface area contributed by atoms with E-state index in [4.69, 9.17) is 10.1 Å². The molecule has 0 spiro atoms. The van der Waals surface area contributed by atoms with E-state index in [-0.39, 0.29) is 0 Å². The monoisotopic (exact) mass is 332 g/mol. The van der Waals surface area contributed by atoms with Crippen molar-refractivity contribution in [3.63, 3.8) is 0 Å². The fourth-order valence-corrected chi connectivity index (χ4v) is 4.34. The highest BCUT2D eigenvalue weighted by atomic mass is 15.3. The lowest BCUT2D eigenvalue weighted by molar-refractivity contribution is 0.230. The van der Waals surface area contributed by atoms with Gasteiger partial charge in [-0.05, 0) is 37.6 Å². The second-order valence-corrected chi connectivity index (χ2v) is 7.12. The second-order valence-electron chi connectivity index (χ2n) is 7.12. The van der Waals surface area contributed by atoms with Crippen LogP contribution in [0, 0.1) is 11.3 Å². The van der Waals surface area contributed by atoms with E-state index in [1.807, 2.05) is 36.1 Å². The van der Waals surface area contributed by atoms with Gasteiger partial charge in [0.05, 0.1) is 17.1 Å². The SMILES string of the molecule is Cn1cc2c(n1)c(N1CCN3CCCC3C1)nc1ccc(C#N)cc12. The van der Waals surface area contributed by atoms with Crippen LogP contribution in [0.1, 0.15) is 18.4 Å². The molecule has 1 aromatic carbocycles. The molecule has 2 saturated heterocycles. The summed E-state index contributed by atoms with van der Waals surface area (Å²) in [5.74, 6) is 0.986. The van der Waals surface area contributed by atoms with Gasteiger partial charge in [-0.1, -0.05) is 0 Å². The maximum Gasteiger partial charge on any atom is 0.157 e. The summed E-state index contributed by atoms with van der Waals surface area (Å²) in [7, 11) is 1.94. The summed E-state index contributed by atoms with van der Waals surface area (Å²) in [6.45, 7) is 4.36. The Bertz CT molecular complexity index is 1010. The molecule has 2 aliphatic heterocycles. The van der Waals surface area contributed by atoms with Gasteiger partial charge in [0.15, 0.2) is 5.82 Å². The maximum absolute atomic E-state index is 9.22. The summed E-state index contributed by atoms with van der Waals surface area (Å²) in [5.41, 5.74) is 2.53. The third-order valence-corrected chi connectivity index (χ3v) is 5.57. The number of rotatable bonds is 1. The third kappa shape index (κ3) is 2.27. The summed E-state index contributed by atoms with van der Waals surface area (Å²) in [6.07, 6.45) is 4.62. The minimum Gasteiger partial charge on any atom is -0.352 e. The molecule has 6 nitrogen and oxygen atoms in total. The number of piperazine rings is 1. The number of nitriles is 1. The molecule has 0 N–H and O–H groups in total. The molecule has 1 atom stereocenters. The quantitative estimate of drug-likeness (QED) is 0.684. The van der Waals surface area contributed by atoms with Crippen molar-refractivity contribution in [3.8, 4) is 6.07 Å². The molecule has 2 aliphatic rings. The summed E-state index contributed by atoms with van der Waals surface area (Å²) in [4.78, 5) is 9.96. The van der Waals surface area contributed by atoms with Crippen LogP contribution in [0.4, 0.5) is 5.82 Å². The number of aromatic nitrogens is 3. The van der Waals surface area contributed by atoms with Crippen LogP contribution in [0.15, 0.2) is 24.4 Å². The molecule has 1 unspecified atom stereocenters. The van der Waals surface area contributed by atoms with Gasteiger partial charge in [0, 0.05) is 49.7 Å². The third-order valence-electron chi connectivity index (χ3n) is 5.57. The molecule has 0 saturated carbocycles. The Balaban J connectivity index is 1.68. The minimum absolute atomic E-state index is 0.644. The molecule has 3 aromatic rings. The van der Waals surface area contributed by atoms with Gasteiger partial charge in [-0.2, -0.15) is 10.4 Å². The van der Waals surface area contributed by atoms with E-state index in [0.717, 1.165) is 47.3 Å². The first-order valence-electron chi connectivity index (χ1n) is 8.89. The summed E-state index contributed by atoms with van der Waals surface area (Å²) >= 11 is 0. The number of fused-ring (bicyclic) bond motifs is 4. The normalized spacial score (nSPS) is 21.0. The Morgan fingerprint density at radius 2 is 2.12 bits per heavy atom. The number of benzene rings is 1. The van der Waals surface area contributed by atoms with Crippen molar-refractivity contribution in [2.75, 3.05) is 31.1 Å². The first kappa shape index (κ1) is 14.7. The zero-order chi connectivity index (χ0) is 17.0. The Morgan fingerprint density at radius 1 is 1.20 bits per heavy atom. The molecule has 4 heterocycles. The highest BCUT2D eigenvalue weighted by molar-refractivity contribution is 6.08. The van der Waals surface area contributed by atoms with E-state index >= 15 is 0 Å². The molecule has 0 bridgehead atoms. The molecule has 2 aromatic heterocycles. The fraction of sp³-hybridized carbons (Fsp3) is 0.421. The topological polar surface area (TPSA) is 61.0 Å². The van der Waals surface area contributed by atoms with Crippen LogP contribution in [-0.4, -0.2) is 51.9 Å². The number of nitrogens with zero attached hydrogens (tertiary/aromatic N) is 6. The van der Waals surface area contributed by atoms with E-state index in [2.05, 4.69) is 15.9 Å². The zero-order valence-corrected chi connectivity index (χ0v) is 14.3. The van der Waals surface area contributed by atoms with E-state index in [1.54, 1.807) is 0 Å². The smallest absolute Gasteiger partial charge is 0.157 e. The van der Waals surface area contributed by atoms with Crippen molar-refractivity contribution in [3.05, 3.63) is 30.0 Å². The Morgan fingerprint density at radius 3 is 3.00 bits per heavy atom. The van der Waals surface area contributed by atoms with Crippen LogP contribution in [-0.2, 0) is 7.05 Å². The van der Waals surface area contributed by atoms with Crippen molar-refractivity contribution in [1.29, 1.82) is 5.26 Å². The van der Waals surface area contributed by atoms with Gasteiger partial charge in [0.1, 0.15) is 5.52 Å². The van der Waals surface area contributed by atoms with Crippen molar-refractivity contribution in [2.24, 2.45) is 7.05 Å². The average Bonchev–Trinajstić information content (AvgIpc) is 3.25. The lowest BCUT2D eigenvalue weighted by Gasteiger charge is -2.38. The standard InChI is InChI=1S/C19H20N6/c1-23-12-16-15-9-13(10-20)4-5-17(15)21-19(18(16)22-23)25-8-7-24-6-2-3-14(24)11-25/h4-5,9,12,14H,2-3,6-8,11H2,1H3. The van der Waals surface area contributed by atoms with Gasteiger partial charge in [0.2, 0.25) is 0 Å². The predicted molar refractivity (Wildman–Crippen MR) is 97.5 cm³/mol. The highest BCUT2D eigenvalue weighted by Crippen LogP contribution is 2.33. The molecule has 6 heteroatoms. The van der Waals surface area contributed by atoms with Crippen molar-refractivity contribution in [2.45, 2.75) is 18.9 Å². The number of aryl methyl sites for hydroxylation is 1. The first-order chi connectivity index (χ1) is 12.2. The second kappa shape index (κ2) is 5.43. The molecule has 0 amide bonds. The van der Waals surface area contributed by atoms with Crippen molar-refractivity contribution in [1.82, 2.24) is 19.7 Å². The van der Waals surface area contributed by atoms with E-state index in [0.29, 0.717) is 11.6 Å². The van der Waals surface area contributed by atoms with Crippen LogP contribution in [0.25, 0.3) is 21.8 Å². The number of pyridine rings is 1. The van der Waals surface area contributed by atoms with Gasteiger partial charge in [-0.3, -0.25) is 9.58 Å². The maximum atomic E-state index is 9.22. The molecular formula is C19H20N6. The Kier molecular flexibility index (Phi) is 3.19. The Labute approximate surface area is 146 Å². The van der Waals surface area contributed by atoms with Crippen LogP contribution in [0.5, 0.6) is 0 Å². The summed E-state index contributed by atoms with van der Waals surface area (Å²) < 4.78 is 1.85. The highest BCUT2D eigenvalue weighted by Gasteiger charge is 2.32. The lowest BCUT2D eigenvalue weighted by atomic mass is 10.1. The molecule has 0 radical (unpaired) electrons. The van der Waals surface area contributed by atoms with Gasteiger partial charge in [0.25, 0.3) is 0 Å². The van der Waals surface area contributed by atoms with Gasteiger partial charge in [-0.25, -0.2) is 4.98 Å². The largest absolute Gasteiger partial charge is 0.352 e. The summed E-state index contributed by atoms with van der Waals surface area (Å²) in [6, 6.07) is 8.59. The van der Waals surface area contributed by atoms with Crippen LogP contribution in [0.2, 0.25) is 0 Å². The first-order valence-corrected chi connectivity index (χ1v) is 8.89. The minimum atomic E-state index is 0.644. The van der Waals surface area contributed by atoms with Gasteiger partial charge >= 0.3 is 0 Å². The van der Waals surface area contributed by atoms with E-state index in [1.165, 1.54) is 19.4 Å². The van der Waals surface area contributed by atoms with Crippen LogP contribution < -0.4 is 4.90 Å². The predicted octanol–water partition coefficient (Wildman–Crippen LogP) is 2.28. The van der Waals surface area contributed by atoms with Gasteiger partial charge < -0.3 is 4.90 Å². The zero-order valence-electron chi connectivity index (χ0n) is 14.3. The molecule has 0 aliphatic carbocycles. The molecule has 5 rings (SSSR count). The van der Waals surface area contributed by atoms with Gasteiger partial charge in [-0.15, -0.1) is 0 Å². The molecule has 25 heavy (non-hydrogen) atoms. The van der Waals surface area contributed by atoms with E-state index < -0.39 is 0 Å². The fourth-order valence-electron chi connectivity index (χ4n) is 4.34. The number of hydrogen-bond donors (Lipinski definition) is 0.